The quantitative estimate of drug-likeness (QED) is 0.772. The van der Waals surface area contributed by atoms with Crippen molar-refractivity contribution in [2.75, 3.05) is 20.6 Å². The highest BCUT2D eigenvalue weighted by Gasteiger charge is 2.05. The standard InChI is InChI=1S/C16H17BrN2.2ClH.H2O/c1-19(2)11-9-16(14-4-3-10-18-12-14)13-5-7-15(17)8-6-13;;;/h3-10,12H,11H2,1-2H3;2*1H;1H2/b16-9-;;;. The smallest absolute Gasteiger partial charge is 0.0346 e. The van der Waals surface area contributed by atoms with Crippen molar-refractivity contribution in [3.63, 3.8) is 0 Å². The van der Waals surface area contributed by atoms with Crippen LogP contribution in [0.1, 0.15) is 11.1 Å². The average Bonchev–Trinajstić information content (AvgIpc) is 2.42. The first-order valence-electron chi connectivity index (χ1n) is 6.18. The lowest BCUT2D eigenvalue weighted by Gasteiger charge is -2.11. The Bertz CT molecular complexity index is 560. The highest BCUT2D eigenvalue weighted by Crippen LogP contribution is 2.24. The summed E-state index contributed by atoms with van der Waals surface area (Å²) in [6.45, 7) is 0.903. The topological polar surface area (TPSA) is 47.6 Å². The number of halogens is 3. The average molecular weight is 408 g/mol. The number of aromatic nitrogens is 1. The number of pyridine rings is 1. The highest BCUT2D eigenvalue weighted by molar-refractivity contribution is 9.10. The van der Waals surface area contributed by atoms with Gasteiger partial charge in [0.05, 0.1) is 0 Å². The Morgan fingerprint density at radius 1 is 1.09 bits per heavy atom. The van der Waals surface area contributed by atoms with Crippen molar-refractivity contribution in [2.24, 2.45) is 0 Å². The highest BCUT2D eigenvalue weighted by atomic mass is 79.9. The second-order valence-electron chi connectivity index (χ2n) is 4.63. The molecule has 0 bridgehead atoms. The van der Waals surface area contributed by atoms with Crippen molar-refractivity contribution in [3.05, 3.63) is 70.5 Å². The van der Waals surface area contributed by atoms with E-state index in [1.54, 1.807) is 6.20 Å². The van der Waals surface area contributed by atoms with Gasteiger partial charge in [0.1, 0.15) is 0 Å². The molecule has 0 aliphatic rings. The SMILES string of the molecule is CN(C)C/C=C(/c1ccc(Br)cc1)c1cccnc1.Cl.Cl.O. The van der Waals surface area contributed by atoms with E-state index in [0.717, 1.165) is 16.6 Å². The lowest BCUT2D eigenvalue weighted by Crippen LogP contribution is -2.11. The van der Waals surface area contributed by atoms with Gasteiger partial charge in [0, 0.05) is 29.0 Å². The van der Waals surface area contributed by atoms with E-state index in [9.17, 15) is 0 Å². The van der Waals surface area contributed by atoms with E-state index in [-0.39, 0.29) is 30.3 Å². The predicted molar refractivity (Wildman–Crippen MR) is 102 cm³/mol. The van der Waals surface area contributed by atoms with E-state index in [1.165, 1.54) is 11.1 Å². The lowest BCUT2D eigenvalue weighted by atomic mass is 9.99. The van der Waals surface area contributed by atoms with E-state index >= 15 is 0 Å². The van der Waals surface area contributed by atoms with Gasteiger partial charge >= 0.3 is 0 Å². The van der Waals surface area contributed by atoms with E-state index in [2.05, 4.69) is 76.3 Å². The molecule has 0 atom stereocenters. The molecule has 122 valence electrons. The third-order valence-corrected chi connectivity index (χ3v) is 3.32. The predicted octanol–water partition coefficient (Wildman–Crippen LogP) is 3.86. The molecule has 0 saturated heterocycles. The number of nitrogens with zero attached hydrogens (tertiary/aromatic N) is 2. The largest absolute Gasteiger partial charge is 0.412 e. The summed E-state index contributed by atoms with van der Waals surface area (Å²) in [5.74, 6) is 0. The van der Waals surface area contributed by atoms with Gasteiger partial charge in [-0.25, -0.2) is 0 Å². The van der Waals surface area contributed by atoms with Crippen LogP contribution in [-0.4, -0.2) is 36.0 Å². The molecule has 0 unspecified atom stereocenters. The molecule has 1 heterocycles. The fraction of sp³-hybridized carbons (Fsp3) is 0.188. The Balaban J connectivity index is 0. The van der Waals surface area contributed by atoms with Gasteiger partial charge in [-0.15, -0.1) is 24.8 Å². The van der Waals surface area contributed by atoms with E-state index in [4.69, 9.17) is 0 Å². The van der Waals surface area contributed by atoms with Crippen LogP contribution in [0.2, 0.25) is 0 Å². The van der Waals surface area contributed by atoms with Crippen LogP contribution in [0, 0.1) is 0 Å². The van der Waals surface area contributed by atoms with Gasteiger partial charge in [-0.1, -0.05) is 40.2 Å². The molecule has 6 heteroatoms. The van der Waals surface area contributed by atoms with Gasteiger partial charge in [-0.2, -0.15) is 0 Å². The number of likely N-dealkylation sites (N-methyl/N-ethyl adjacent to an activating group) is 1. The zero-order chi connectivity index (χ0) is 13.7. The third kappa shape index (κ3) is 6.90. The lowest BCUT2D eigenvalue weighted by molar-refractivity contribution is 0.457. The van der Waals surface area contributed by atoms with Crippen LogP contribution in [0.25, 0.3) is 5.57 Å². The molecular formula is C16H21BrCl2N2O. The maximum atomic E-state index is 4.21. The molecule has 0 fully saturated rings. The third-order valence-electron chi connectivity index (χ3n) is 2.79. The zero-order valence-corrected chi connectivity index (χ0v) is 15.7. The van der Waals surface area contributed by atoms with Crippen LogP contribution in [0.5, 0.6) is 0 Å². The van der Waals surface area contributed by atoms with Gasteiger partial charge in [-0.05, 0) is 43.4 Å². The number of hydrogen-bond acceptors (Lipinski definition) is 2. The minimum Gasteiger partial charge on any atom is -0.412 e. The molecule has 1 aromatic heterocycles. The van der Waals surface area contributed by atoms with Crippen LogP contribution < -0.4 is 0 Å². The van der Waals surface area contributed by atoms with Gasteiger partial charge in [0.2, 0.25) is 0 Å². The summed E-state index contributed by atoms with van der Waals surface area (Å²) in [5.41, 5.74) is 3.57. The monoisotopic (exact) mass is 406 g/mol. The fourth-order valence-electron chi connectivity index (χ4n) is 1.83. The van der Waals surface area contributed by atoms with Crippen molar-refractivity contribution < 1.29 is 5.48 Å². The minimum atomic E-state index is 0. The van der Waals surface area contributed by atoms with Crippen LogP contribution in [0.4, 0.5) is 0 Å². The second kappa shape index (κ2) is 11.6. The molecule has 0 radical (unpaired) electrons. The number of hydrogen-bond donors (Lipinski definition) is 0. The summed E-state index contributed by atoms with van der Waals surface area (Å²) in [4.78, 5) is 6.36. The zero-order valence-electron chi connectivity index (χ0n) is 12.5. The van der Waals surface area contributed by atoms with Gasteiger partial charge < -0.3 is 10.4 Å². The van der Waals surface area contributed by atoms with Crippen LogP contribution >= 0.6 is 40.7 Å². The fourth-order valence-corrected chi connectivity index (χ4v) is 2.09. The molecule has 0 aliphatic carbocycles. The van der Waals surface area contributed by atoms with Gasteiger partial charge in [0.25, 0.3) is 0 Å². The number of rotatable bonds is 4. The first-order chi connectivity index (χ1) is 9.16. The number of benzene rings is 1. The van der Waals surface area contributed by atoms with Crippen molar-refractivity contribution in [1.29, 1.82) is 0 Å². The first kappa shape index (κ1) is 23.4. The molecule has 0 spiro atoms. The Hall–Kier alpha value is -0.910. The van der Waals surface area contributed by atoms with E-state index in [0.29, 0.717) is 0 Å². The van der Waals surface area contributed by atoms with Crippen molar-refractivity contribution in [2.45, 2.75) is 0 Å². The van der Waals surface area contributed by atoms with Crippen molar-refractivity contribution in [3.8, 4) is 0 Å². The first-order valence-corrected chi connectivity index (χ1v) is 6.97. The molecular weight excluding hydrogens is 387 g/mol. The minimum absolute atomic E-state index is 0. The van der Waals surface area contributed by atoms with Crippen LogP contribution in [0.15, 0.2) is 59.3 Å². The Labute approximate surface area is 152 Å². The molecule has 1 aromatic carbocycles. The molecule has 2 rings (SSSR count). The maximum Gasteiger partial charge on any atom is 0.0346 e. The van der Waals surface area contributed by atoms with Crippen LogP contribution in [-0.2, 0) is 0 Å². The molecule has 3 nitrogen and oxygen atoms in total. The summed E-state index contributed by atoms with van der Waals surface area (Å²) in [6, 6.07) is 12.4. The summed E-state index contributed by atoms with van der Waals surface area (Å²) in [6.07, 6.45) is 5.94. The summed E-state index contributed by atoms with van der Waals surface area (Å²) >= 11 is 3.47. The molecule has 0 amide bonds. The maximum absolute atomic E-state index is 4.21. The molecule has 0 saturated carbocycles. The van der Waals surface area contributed by atoms with Crippen molar-refractivity contribution >= 4 is 46.3 Å². The van der Waals surface area contributed by atoms with Gasteiger partial charge in [-0.3, -0.25) is 4.98 Å². The van der Waals surface area contributed by atoms with E-state index in [1.807, 2.05) is 12.3 Å². The van der Waals surface area contributed by atoms with Crippen molar-refractivity contribution in [1.82, 2.24) is 9.88 Å². The normalized spacial score (nSPS) is 10.3. The van der Waals surface area contributed by atoms with Gasteiger partial charge in [0.15, 0.2) is 0 Å². The summed E-state index contributed by atoms with van der Waals surface area (Å²) < 4.78 is 1.09. The Morgan fingerprint density at radius 3 is 2.23 bits per heavy atom. The second-order valence-corrected chi connectivity index (χ2v) is 5.54. The molecule has 2 N–H and O–H groups in total. The molecule has 0 aliphatic heterocycles. The van der Waals surface area contributed by atoms with Crippen LogP contribution in [0.3, 0.4) is 0 Å². The summed E-state index contributed by atoms with van der Waals surface area (Å²) in [7, 11) is 4.14. The van der Waals surface area contributed by atoms with E-state index < -0.39 is 0 Å². The molecule has 2 aromatic rings. The Kier molecular flexibility index (Phi) is 12.3. The Morgan fingerprint density at radius 2 is 1.73 bits per heavy atom. The summed E-state index contributed by atoms with van der Waals surface area (Å²) in [5, 5.41) is 0. The molecule has 22 heavy (non-hydrogen) atoms.